The SMILES string of the molecule is CC(C)NC(=O)N(C)C(C)c1ccc(Cl)cc1Cl. The van der Waals surface area contributed by atoms with Crippen molar-refractivity contribution < 1.29 is 4.79 Å². The van der Waals surface area contributed by atoms with E-state index >= 15 is 0 Å². The van der Waals surface area contributed by atoms with Crippen molar-refractivity contribution in [1.29, 1.82) is 0 Å². The van der Waals surface area contributed by atoms with Crippen LogP contribution in [-0.2, 0) is 0 Å². The molecule has 0 aliphatic carbocycles. The number of hydrogen-bond acceptors (Lipinski definition) is 1. The summed E-state index contributed by atoms with van der Waals surface area (Å²) in [7, 11) is 1.74. The fourth-order valence-electron chi connectivity index (χ4n) is 1.57. The molecule has 0 bridgehead atoms. The number of urea groups is 1. The molecular formula is C13H18Cl2N2O. The Labute approximate surface area is 118 Å². The van der Waals surface area contributed by atoms with Crippen LogP contribution in [0.1, 0.15) is 32.4 Å². The lowest BCUT2D eigenvalue weighted by Gasteiger charge is -2.27. The summed E-state index contributed by atoms with van der Waals surface area (Å²) in [6, 6.07) is 5.16. The summed E-state index contributed by atoms with van der Waals surface area (Å²) in [5.74, 6) is 0. The second-order valence-corrected chi connectivity index (χ2v) is 5.40. The first-order chi connectivity index (χ1) is 8.32. The van der Waals surface area contributed by atoms with Crippen LogP contribution in [-0.4, -0.2) is 24.0 Å². The zero-order valence-corrected chi connectivity index (χ0v) is 12.5. The van der Waals surface area contributed by atoms with E-state index in [1.54, 1.807) is 24.1 Å². The third-order valence-electron chi connectivity index (χ3n) is 2.73. The Kier molecular flexibility index (Phi) is 5.29. The van der Waals surface area contributed by atoms with E-state index < -0.39 is 0 Å². The molecule has 5 heteroatoms. The average molecular weight is 289 g/mol. The second kappa shape index (κ2) is 6.30. The van der Waals surface area contributed by atoms with Crippen molar-refractivity contribution >= 4 is 29.2 Å². The van der Waals surface area contributed by atoms with Gasteiger partial charge in [0, 0.05) is 23.1 Å². The molecule has 18 heavy (non-hydrogen) atoms. The van der Waals surface area contributed by atoms with Crippen LogP contribution in [0.4, 0.5) is 4.79 Å². The fourth-order valence-corrected chi connectivity index (χ4v) is 2.14. The van der Waals surface area contributed by atoms with Gasteiger partial charge in [-0.25, -0.2) is 4.79 Å². The average Bonchev–Trinajstić information content (AvgIpc) is 2.26. The minimum atomic E-state index is -0.122. The van der Waals surface area contributed by atoms with Gasteiger partial charge in [0.1, 0.15) is 0 Å². The standard InChI is InChI=1S/C13H18Cl2N2O/c1-8(2)16-13(18)17(4)9(3)11-6-5-10(14)7-12(11)15/h5-9H,1-4H3,(H,16,18). The van der Waals surface area contributed by atoms with Gasteiger partial charge in [-0.15, -0.1) is 0 Å². The van der Waals surface area contributed by atoms with Crippen LogP contribution < -0.4 is 5.32 Å². The van der Waals surface area contributed by atoms with Crippen molar-refractivity contribution in [2.75, 3.05) is 7.05 Å². The Morgan fingerprint density at radius 3 is 2.39 bits per heavy atom. The highest BCUT2D eigenvalue weighted by Crippen LogP contribution is 2.28. The van der Waals surface area contributed by atoms with Crippen LogP contribution in [0.25, 0.3) is 0 Å². The monoisotopic (exact) mass is 288 g/mol. The summed E-state index contributed by atoms with van der Waals surface area (Å²) in [5.41, 5.74) is 0.877. The van der Waals surface area contributed by atoms with E-state index in [0.717, 1.165) is 5.56 Å². The molecule has 1 rings (SSSR count). The second-order valence-electron chi connectivity index (χ2n) is 4.56. The van der Waals surface area contributed by atoms with Gasteiger partial charge in [-0.05, 0) is 38.5 Å². The lowest BCUT2D eigenvalue weighted by molar-refractivity contribution is 0.192. The highest BCUT2D eigenvalue weighted by Gasteiger charge is 2.19. The number of hydrogen-bond donors (Lipinski definition) is 1. The smallest absolute Gasteiger partial charge is 0.317 e. The van der Waals surface area contributed by atoms with Gasteiger partial charge in [0.15, 0.2) is 0 Å². The molecular weight excluding hydrogens is 271 g/mol. The van der Waals surface area contributed by atoms with Gasteiger partial charge in [0.25, 0.3) is 0 Å². The highest BCUT2D eigenvalue weighted by molar-refractivity contribution is 6.35. The predicted octanol–water partition coefficient (Wildman–Crippen LogP) is 4.10. The maximum atomic E-state index is 11.9. The zero-order chi connectivity index (χ0) is 13.9. The summed E-state index contributed by atoms with van der Waals surface area (Å²) in [4.78, 5) is 13.5. The molecule has 0 fully saturated rings. The Balaban J connectivity index is 2.86. The van der Waals surface area contributed by atoms with Gasteiger partial charge in [0.05, 0.1) is 6.04 Å². The normalized spacial score (nSPS) is 12.4. The molecule has 1 atom stereocenters. The van der Waals surface area contributed by atoms with Crippen LogP contribution in [0.3, 0.4) is 0 Å². The summed E-state index contributed by atoms with van der Waals surface area (Å²) >= 11 is 12.0. The Morgan fingerprint density at radius 2 is 1.89 bits per heavy atom. The molecule has 3 nitrogen and oxygen atoms in total. The van der Waals surface area contributed by atoms with E-state index in [-0.39, 0.29) is 18.1 Å². The first-order valence-corrected chi connectivity index (χ1v) is 6.56. The minimum Gasteiger partial charge on any atom is -0.336 e. The van der Waals surface area contributed by atoms with Crippen molar-refractivity contribution in [3.8, 4) is 0 Å². The number of halogens is 2. The first-order valence-electron chi connectivity index (χ1n) is 5.81. The van der Waals surface area contributed by atoms with Gasteiger partial charge < -0.3 is 10.2 Å². The van der Waals surface area contributed by atoms with Crippen molar-refractivity contribution in [3.05, 3.63) is 33.8 Å². The number of nitrogens with zero attached hydrogens (tertiary/aromatic N) is 1. The van der Waals surface area contributed by atoms with E-state index in [9.17, 15) is 4.79 Å². The Morgan fingerprint density at radius 1 is 1.28 bits per heavy atom. The van der Waals surface area contributed by atoms with Gasteiger partial charge in [-0.1, -0.05) is 29.3 Å². The summed E-state index contributed by atoms with van der Waals surface area (Å²) < 4.78 is 0. The number of carbonyl (C=O) groups excluding carboxylic acids is 1. The molecule has 1 unspecified atom stereocenters. The van der Waals surface area contributed by atoms with Crippen molar-refractivity contribution in [2.24, 2.45) is 0 Å². The molecule has 100 valence electrons. The fraction of sp³-hybridized carbons (Fsp3) is 0.462. The summed E-state index contributed by atoms with van der Waals surface area (Å²) in [5, 5.41) is 4.00. The van der Waals surface area contributed by atoms with Crippen molar-refractivity contribution in [2.45, 2.75) is 32.9 Å². The molecule has 0 heterocycles. The van der Waals surface area contributed by atoms with Crippen LogP contribution in [0.5, 0.6) is 0 Å². The Hall–Kier alpha value is -0.930. The largest absolute Gasteiger partial charge is 0.336 e. The van der Waals surface area contributed by atoms with Crippen molar-refractivity contribution in [1.82, 2.24) is 10.2 Å². The predicted molar refractivity (Wildman–Crippen MR) is 76.3 cm³/mol. The van der Waals surface area contributed by atoms with Gasteiger partial charge in [0.2, 0.25) is 0 Å². The van der Waals surface area contributed by atoms with Crippen LogP contribution in [0, 0.1) is 0 Å². The number of nitrogens with one attached hydrogen (secondary N) is 1. The lowest BCUT2D eigenvalue weighted by atomic mass is 10.1. The topological polar surface area (TPSA) is 32.3 Å². The third kappa shape index (κ3) is 3.79. The molecule has 0 radical (unpaired) electrons. The van der Waals surface area contributed by atoms with E-state index in [1.165, 1.54) is 0 Å². The molecule has 2 amide bonds. The minimum absolute atomic E-state index is 0.104. The van der Waals surface area contributed by atoms with Crippen molar-refractivity contribution in [3.63, 3.8) is 0 Å². The van der Waals surface area contributed by atoms with Gasteiger partial charge in [-0.2, -0.15) is 0 Å². The van der Waals surface area contributed by atoms with Crippen LogP contribution >= 0.6 is 23.2 Å². The molecule has 0 aliphatic heterocycles. The lowest BCUT2D eigenvalue weighted by Crippen LogP contribution is -2.41. The molecule has 1 N–H and O–H groups in total. The van der Waals surface area contributed by atoms with E-state index in [0.29, 0.717) is 10.0 Å². The van der Waals surface area contributed by atoms with E-state index in [4.69, 9.17) is 23.2 Å². The maximum Gasteiger partial charge on any atom is 0.317 e. The third-order valence-corrected chi connectivity index (χ3v) is 3.29. The summed E-state index contributed by atoms with van der Waals surface area (Å²) in [6.45, 7) is 5.77. The number of rotatable bonds is 3. The molecule has 1 aromatic carbocycles. The zero-order valence-electron chi connectivity index (χ0n) is 11.0. The number of amides is 2. The quantitative estimate of drug-likeness (QED) is 0.892. The first kappa shape index (κ1) is 15.1. The molecule has 0 spiro atoms. The molecule has 0 aliphatic rings. The van der Waals surface area contributed by atoms with Crippen LogP contribution in [0.2, 0.25) is 10.0 Å². The van der Waals surface area contributed by atoms with Gasteiger partial charge >= 0.3 is 6.03 Å². The Bertz CT molecular complexity index is 435. The number of carbonyl (C=O) groups is 1. The molecule has 0 aromatic heterocycles. The summed E-state index contributed by atoms with van der Waals surface area (Å²) in [6.07, 6.45) is 0. The van der Waals surface area contributed by atoms with E-state index in [1.807, 2.05) is 26.8 Å². The highest BCUT2D eigenvalue weighted by atomic mass is 35.5. The molecule has 0 saturated heterocycles. The number of benzene rings is 1. The molecule has 0 saturated carbocycles. The van der Waals surface area contributed by atoms with Crippen LogP contribution in [0.15, 0.2) is 18.2 Å². The van der Waals surface area contributed by atoms with Gasteiger partial charge in [-0.3, -0.25) is 0 Å². The maximum absolute atomic E-state index is 11.9. The molecule has 1 aromatic rings. The van der Waals surface area contributed by atoms with E-state index in [2.05, 4.69) is 5.32 Å².